The Morgan fingerprint density at radius 2 is 1.92 bits per heavy atom. The highest BCUT2D eigenvalue weighted by Crippen LogP contribution is 2.24. The van der Waals surface area contributed by atoms with Crippen molar-refractivity contribution in [3.05, 3.63) is 65.2 Å². The first-order chi connectivity index (χ1) is 12.5. The van der Waals surface area contributed by atoms with E-state index in [4.69, 9.17) is 0 Å². The number of phenolic OH excluding ortho intramolecular Hbond substituents is 1. The molecule has 1 aliphatic rings. The topological polar surface area (TPSA) is 74.1 Å². The number of amides is 1. The second-order valence-electron chi connectivity index (χ2n) is 6.40. The van der Waals surface area contributed by atoms with Gasteiger partial charge >= 0.3 is 0 Å². The van der Waals surface area contributed by atoms with Crippen LogP contribution in [-0.2, 0) is 11.2 Å². The van der Waals surface area contributed by atoms with Crippen LogP contribution in [0.25, 0.3) is 0 Å². The first-order valence-corrected chi connectivity index (χ1v) is 9.36. The van der Waals surface area contributed by atoms with Gasteiger partial charge in [-0.05, 0) is 35.6 Å². The highest BCUT2D eigenvalue weighted by atomic mass is 32.2. The normalized spacial score (nSPS) is 18.8. The molecule has 1 fully saturated rings. The van der Waals surface area contributed by atoms with E-state index in [-0.39, 0.29) is 16.9 Å². The number of carbonyl (C=O) groups is 1. The average Bonchev–Trinajstić information content (AvgIpc) is 2.96. The van der Waals surface area contributed by atoms with E-state index >= 15 is 0 Å². The van der Waals surface area contributed by atoms with Gasteiger partial charge in [-0.2, -0.15) is 5.10 Å². The van der Waals surface area contributed by atoms with Crippen molar-refractivity contribution in [3.8, 4) is 5.75 Å². The Hall–Kier alpha value is -2.60. The second kappa shape index (κ2) is 8.19. The van der Waals surface area contributed by atoms with Crippen molar-refractivity contribution < 1.29 is 9.90 Å². The van der Waals surface area contributed by atoms with Crippen molar-refractivity contribution in [1.82, 2.24) is 5.32 Å². The Morgan fingerprint density at radius 3 is 2.62 bits per heavy atom. The second-order valence-corrected chi connectivity index (χ2v) is 7.60. The molecule has 2 aromatic rings. The summed E-state index contributed by atoms with van der Waals surface area (Å²) in [7, 11) is 0. The van der Waals surface area contributed by atoms with Gasteiger partial charge in [-0.3, -0.25) is 4.79 Å². The Kier molecular flexibility index (Phi) is 5.73. The quantitative estimate of drug-likeness (QED) is 0.625. The molecule has 5 nitrogen and oxygen atoms in total. The molecule has 1 amide bonds. The minimum absolute atomic E-state index is 0.0561. The number of hydrogen-bond donors (Lipinski definition) is 2. The number of rotatable bonds is 5. The standard InChI is InChI=1S/C20H21N3O2S/c1-13(2)15-9-7-14(8-10-15)11-18-19(25)22-20(26-18)23-21-12-16-5-3-4-6-17(16)24/h3-10,12-13,18,24H,11H2,1-2H3,(H,22,23,25). The monoisotopic (exact) mass is 367 g/mol. The Bertz CT molecular complexity index is 844. The van der Waals surface area contributed by atoms with Crippen LogP contribution in [0.1, 0.15) is 36.5 Å². The molecular formula is C20H21N3O2S. The molecule has 0 aromatic heterocycles. The molecule has 0 aliphatic carbocycles. The van der Waals surface area contributed by atoms with Gasteiger partial charge in [0, 0.05) is 5.56 Å². The molecule has 3 rings (SSSR count). The highest BCUT2D eigenvalue weighted by molar-refractivity contribution is 8.15. The van der Waals surface area contributed by atoms with E-state index in [0.29, 0.717) is 23.1 Å². The lowest BCUT2D eigenvalue weighted by molar-refractivity contribution is -0.118. The fourth-order valence-electron chi connectivity index (χ4n) is 2.58. The molecule has 0 radical (unpaired) electrons. The van der Waals surface area contributed by atoms with E-state index < -0.39 is 0 Å². The predicted molar refractivity (Wildman–Crippen MR) is 107 cm³/mol. The van der Waals surface area contributed by atoms with Crippen LogP contribution in [0.3, 0.4) is 0 Å². The van der Waals surface area contributed by atoms with Gasteiger partial charge in [0.05, 0.1) is 11.5 Å². The zero-order chi connectivity index (χ0) is 18.5. The third kappa shape index (κ3) is 4.52. The lowest BCUT2D eigenvalue weighted by Gasteiger charge is -2.08. The van der Waals surface area contributed by atoms with Gasteiger partial charge in [-0.25, -0.2) is 0 Å². The lowest BCUT2D eigenvalue weighted by atomic mass is 10.0. The zero-order valence-electron chi connectivity index (χ0n) is 14.7. The summed E-state index contributed by atoms with van der Waals surface area (Å²) in [6, 6.07) is 15.3. The van der Waals surface area contributed by atoms with Crippen LogP contribution in [0, 0.1) is 0 Å². The number of amidine groups is 1. The zero-order valence-corrected chi connectivity index (χ0v) is 15.5. The largest absolute Gasteiger partial charge is 0.507 e. The number of benzene rings is 2. The lowest BCUT2D eigenvalue weighted by Crippen LogP contribution is -2.25. The number of aromatic hydroxyl groups is 1. The number of carbonyl (C=O) groups excluding carboxylic acids is 1. The van der Waals surface area contributed by atoms with Gasteiger partial charge in [0.15, 0.2) is 5.17 Å². The summed E-state index contributed by atoms with van der Waals surface area (Å²) in [6.45, 7) is 4.32. The molecule has 1 atom stereocenters. The molecule has 1 heterocycles. The first-order valence-electron chi connectivity index (χ1n) is 8.48. The third-order valence-electron chi connectivity index (χ3n) is 4.13. The van der Waals surface area contributed by atoms with Crippen molar-refractivity contribution in [3.63, 3.8) is 0 Å². The summed E-state index contributed by atoms with van der Waals surface area (Å²) in [4.78, 5) is 12.1. The van der Waals surface area contributed by atoms with Crippen LogP contribution >= 0.6 is 11.8 Å². The SMILES string of the molecule is CC(C)c1ccc(CC2S/C(=N/N=Cc3ccccc3O)NC2=O)cc1. The fourth-order valence-corrected chi connectivity index (χ4v) is 3.54. The van der Waals surface area contributed by atoms with E-state index in [2.05, 4.69) is 53.6 Å². The van der Waals surface area contributed by atoms with Crippen LogP contribution in [-0.4, -0.2) is 27.6 Å². The van der Waals surface area contributed by atoms with Crippen LogP contribution < -0.4 is 5.32 Å². The van der Waals surface area contributed by atoms with Crippen molar-refractivity contribution in [2.24, 2.45) is 10.2 Å². The molecule has 134 valence electrons. The predicted octanol–water partition coefficient (Wildman–Crippen LogP) is 3.68. The maximum atomic E-state index is 12.1. The maximum Gasteiger partial charge on any atom is 0.239 e. The van der Waals surface area contributed by atoms with Crippen LogP contribution in [0.4, 0.5) is 0 Å². The maximum absolute atomic E-state index is 12.1. The van der Waals surface area contributed by atoms with Gasteiger partial charge in [0.25, 0.3) is 0 Å². The summed E-state index contributed by atoms with van der Waals surface area (Å²) >= 11 is 1.38. The van der Waals surface area contributed by atoms with Gasteiger partial charge in [-0.15, -0.1) is 5.10 Å². The molecule has 0 bridgehead atoms. The van der Waals surface area contributed by atoms with Crippen molar-refractivity contribution in [1.29, 1.82) is 0 Å². The van der Waals surface area contributed by atoms with E-state index in [1.807, 2.05) is 0 Å². The fraction of sp³-hybridized carbons (Fsp3) is 0.250. The molecule has 0 saturated carbocycles. The van der Waals surface area contributed by atoms with Gasteiger partial charge in [0.1, 0.15) is 5.75 Å². The van der Waals surface area contributed by atoms with Gasteiger partial charge in [-0.1, -0.05) is 62.0 Å². The minimum Gasteiger partial charge on any atom is -0.507 e. The Balaban J connectivity index is 1.62. The number of thioether (sulfide) groups is 1. The Labute approximate surface area is 157 Å². The first kappa shape index (κ1) is 18.2. The summed E-state index contributed by atoms with van der Waals surface area (Å²) in [5.41, 5.74) is 2.99. The van der Waals surface area contributed by atoms with Crippen molar-refractivity contribution in [2.75, 3.05) is 0 Å². The van der Waals surface area contributed by atoms with Crippen molar-refractivity contribution >= 4 is 29.1 Å². The van der Waals surface area contributed by atoms with E-state index in [9.17, 15) is 9.90 Å². The molecule has 1 aliphatic heterocycles. The van der Waals surface area contributed by atoms with Gasteiger partial charge in [0.2, 0.25) is 5.91 Å². The minimum atomic E-state index is -0.209. The number of nitrogens with zero attached hydrogens (tertiary/aromatic N) is 2. The molecule has 26 heavy (non-hydrogen) atoms. The molecule has 1 unspecified atom stereocenters. The molecule has 2 N–H and O–H groups in total. The molecule has 0 spiro atoms. The van der Waals surface area contributed by atoms with Gasteiger partial charge < -0.3 is 10.4 Å². The van der Waals surface area contributed by atoms with Crippen LogP contribution in [0.5, 0.6) is 5.75 Å². The number of para-hydroxylation sites is 1. The summed E-state index contributed by atoms with van der Waals surface area (Å²) < 4.78 is 0. The van der Waals surface area contributed by atoms with E-state index in [0.717, 1.165) is 5.56 Å². The number of nitrogens with one attached hydrogen (secondary N) is 1. The molecular weight excluding hydrogens is 346 g/mol. The Morgan fingerprint density at radius 1 is 1.19 bits per heavy atom. The van der Waals surface area contributed by atoms with Crippen LogP contribution in [0.15, 0.2) is 58.7 Å². The molecule has 6 heteroatoms. The van der Waals surface area contributed by atoms with Crippen molar-refractivity contribution in [2.45, 2.75) is 31.4 Å². The smallest absolute Gasteiger partial charge is 0.239 e. The van der Waals surface area contributed by atoms with E-state index in [1.54, 1.807) is 24.3 Å². The summed E-state index contributed by atoms with van der Waals surface area (Å²) in [5.74, 6) is 0.579. The summed E-state index contributed by atoms with van der Waals surface area (Å²) in [5, 5.41) is 20.7. The number of hydrogen-bond acceptors (Lipinski definition) is 5. The molecule has 2 aromatic carbocycles. The molecule has 1 saturated heterocycles. The average molecular weight is 367 g/mol. The van der Waals surface area contributed by atoms with E-state index in [1.165, 1.54) is 23.5 Å². The number of phenols is 1. The summed E-state index contributed by atoms with van der Waals surface area (Å²) in [6.07, 6.45) is 2.12. The highest BCUT2D eigenvalue weighted by Gasteiger charge is 2.30. The third-order valence-corrected chi connectivity index (χ3v) is 5.20. The van der Waals surface area contributed by atoms with Crippen LogP contribution in [0.2, 0.25) is 0 Å².